The van der Waals surface area contributed by atoms with Crippen molar-refractivity contribution in [2.24, 2.45) is 0 Å². The zero-order valence-electron chi connectivity index (χ0n) is 5.99. The van der Waals surface area contributed by atoms with Crippen molar-refractivity contribution in [2.75, 3.05) is 0 Å². The highest BCUT2D eigenvalue weighted by molar-refractivity contribution is 7.87. The van der Waals surface area contributed by atoms with E-state index in [0.29, 0.717) is 19.3 Å². The summed E-state index contributed by atoms with van der Waals surface area (Å²) in [5, 5.41) is 0. The van der Waals surface area contributed by atoms with Crippen LogP contribution in [0.2, 0.25) is 0 Å². The Labute approximate surface area is 72.7 Å². The molecule has 0 aromatic rings. The van der Waals surface area contributed by atoms with E-state index in [4.69, 9.17) is 4.55 Å². The van der Waals surface area contributed by atoms with Crippen LogP contribution in [0.15, 0.2) is 12.7 Å². The molecule has 0 radical (unpaired) electrons. The maximum Gasteiger partial charge on any atom is 0.270 e. The molecule has 1 aliphatic rings. The molecule has 1 aliphatic carbocycles. The Morgan fingerprint density at radius 1 is 1.55 bits per heavy atom. The van der Waals surface area contributed by atoms with Gasteiger partial charge in [0.05, 0.1) is 0 Å². The van der Waals surface area contributed by atoms with Crippen LogP contribution in [-0.4, -0.2) is 17.7 Å². The van der Waals surface area contributed by atoms with Crippen LogP contribution in [0.3, 0.4) is 0 Å². The minimum absolute atomic E-state index is 0. The van der Waals surface area contributed by atoms with Gasteiger partial charge in [-0.1, -0.05) is 6.08 Å². The highest BCUT2D eigenvalue weighted by Gasteiger charge is 2.52. The molecular formula is C6H11ClO3S. The van der Waals surface area contributed by atoms with E-state index in [1.54, 1.807) is 0 Å². The largest absolute Gasteiger partial charge is 0.285 e. The van der Waals surface area contributed by atoms with Crippen molar-refractivity contribution >= 4 is 22.5 Å². The van der Waals surface area contributed by atoms with Gasteiger partial charge in [-0.25, -0.2) is 0 Å². The topological polar surface area (TPSA) is 54.4 Å². The SMILES string of the molecule is C=CCC1(S(=O)(=O)O)CC1.Cl. The van der Waals surface area contributed by atoms with Gasteiger partial charge in [0.15, 0.2) is 0 Å². The summed E-state index contributed by atoms with van der Waals surface area (Å²) in [6.45, 7) is 3.42. The van der Waals surface area contributed by atoms with Gasteiger partial charge in [-0.2, -0.15) is 8.42 Å². The first-order valence-corrected chi connectivity index (χ1v) is 4.54. The molecule has 1 fully saturated rings. The first-order valence-electron chi connectivity index (χ1n) is 3.10. The summed E-state index contributed by atoms with van der Waals surface area (Å²) in [6.07, 6.45) is 3.03. The van der Waals surface area contributed by atoms with Gasteiger partial charge in [0.2, 0.25) is 0 Å². The first kappa shape index (κ1) is 10.9. The average molecular weight is 199 g/mol. The Hall–Kier alpha value is -0.0600. The Balaban J connectivity index is 0.000001000. The molecule has 0 amide bonds. The number of rotatable bonds is 3. The van der Waals surface area contributed by atoms with Gasteiger partial charge in [0.1, 0.15) is 4.75 Å². The molecule has 3 nitrogen and oxygen atoms in total. The molecule has 0 aromatic heterocycles. The normalized spacial score (nSPS) is 20.1. The standard InChI is InChI=1S/C6H10O3S.ClH/c1-2-3-6(4-5-6)10(7,8)9;/h2H,1,3-5H2,(H,7,8,9);1H. The molecule has 1 N–H and O–H groups in total. The van der Waals surface area contributed by atoms with Gasteiger partial charge >= 0.3 is 0 Å². The lowest BCUT2D eigenvalue weighted by molar-refractivity contribution is 0.463. The van der Waals surface area contributed by atoms with Crippen molar-refractivity contribution in [2.45, 2.75) is 24.0 Å². The van der Waals surface area contributed by atoms with E-state index in [1.807, 2.05) is 0 Å². The molecule has 0 unspecified atom stereocenters. The third kappa shape index (κ3) is 1.95. The van der Waals surface area contributed by atoms with Gasteiger partial charge in [-0.3, -0.25) is 4.55 Å². The molecule has 0 bridgehead atoms. The molecule has 0 saturated heterocycles. The molecule has 0 atom stereocenters. The molecule has 0 aliphatic heterocycles. The van der Waals surface area contributed by atoms with E-state index < -0.39 is 14.9 Å². The maximum atomic E-state index is 10.6. The second kappa shape index (κ2) is 3.13. The summed E-state index contributed by atoms with van der Waals surface area (Å²) in [6, 6.07) is 0. The zero-order chi connectivity index (χ0) is 7.83. The van der Waals surface area contributed by atoms with Crippen LogP contribution in [0.25, 0.3) is 0 Å². The fraction of sp³-hybridized carbons (Fsp3) is 0.667. The molecule has 1 saturated carbocycles. The summed E-state index contributed by atoms with van der Waals surface area (Å²) in [5.41, 5.74) is 0. The lowest BCUT2D eigenvalue weighted by Gasteiger charge is -2.06. The van der Waals surface area contributed by atoms with E-state index in [-0.39, 0.29) is 12.4 Å². The number of hydrogen-bond donors (Lipinski definition) is 1. The predicted molar refractivity (Wildman–Crippen MR) is 45.6 cm³/mol. The summed E-state index contributed by atoms with van der Waals surface area (Å²) in [5.74, 6) is 0. The van der Waals surface area contributed by atoms with Gasteiger partial charge in [-0.15, -0.1) is 19.0 Å². The van der Waals surface area contributed by atoms with Crippen LogP contribution in [-0.2, 0) is 10.1 Å². The highest BCUT2D eigenvalue weighted by atomic mass is 35.5. The van der Waals surface area contributed by atoms with E-state index in [9.17, 15) is 8.42 Å². The van der Waals surface area contributed by atoms with Crippen molar-refractivity contribution in [3.63, 3.8) is 0 Å². The molecule has 5 heteroatoms. The number of allylic oxidation sites excluding steroid dienone is 1. The molecule has 66 valence electrons. The lowest BCUT2D eigenvalue weighted by Crippen LogP contribution is -2.20. The monoisotopic (exact) mass is 198 g/mol. The quantitative estimate of drug-likeness (QED) is 0.551. The molecule has 11 heavy (non-hydrogen) atoms. The van der Waals surface area contributed by atoms with Crippen molar-refractivity contribution < 1.29 is 13.0 Å². The van der Waals surface area contributed by atoms with E-state index in [1.165, 1.54) is 6.08 Å². The van der Waals surface area contributed by atoms with Crippen LogP contribution < -0.4 is 0 Å². The van der Waals surface area contributed by atoms with Crippen LogP contribution in [0.1, 0.15) is 19.3 Å². The van der Waals surface area contributed by atoms with Crippen molar-refractivity contribution in [1.82, 2.24) is 0 Å². The van der Waals surface area contributed by atoms with Gasteiger partial charge in [0, 0.05) is 0 Å². The Morgan fingerprint density at radius 3 is 2.09 bits per heavy atom. The highest BCUT2D eigenvalue weighted by Crippen LogP contribution is 2.45. The first-order chi connectivity index (χ1) is 4.52. The van der Waals surface area contributed by atoms with E-state index in [0.717, 1.165) is 0 Å². The number of hydrogen-bond acceptors (Lipinski definition) is 2. The van der Waals surface area contributed by atoms with E-state index >= 15 is 0 Å². The zero-order valence-corrected chi connectivity index (χ0v) is 7.62. The average Bonchev–Trinajstić information content (AvgIpc) is 2.45. The maximum absolute atomic E-state index is 10.6. The smallest absolute Gasteiger partial charge is 0.270 e. The minimum atomic E-state index is -3.82. The van der Waals surface area contributed by atoms with Gasteiger partial charge < -0.3 is 0 Å². The van der Waals surface area contributed by atoms with Gasteiger partial charge in [0.25, 0.3) is 10.1 Å². The van der Waals surface area contributed by atoms with Gasteiger partial charge in [-0.05, 0) is 19.3 Å². The number of halogens is 1. The fourth-order valence-electron chi connectivity index (χ4n) is 0.970. The second-order valence-corrected chi connectivity index (χ2v) is 4.47. The summed E-state index contributed by atoms with van der Waals surface area (Å²) in [7, 11) is -3.82. The summed E-state index contributed by atoms with van der Waals surface area (Å²) < 4.78 is 29.0. The molecular weight excluding hydrogens is 188 g/mol. The van der Waals surface area contributed by atoms with Crippen LogP contribution in [0.4, 0.5) is 0 Å². The second-order valence-electron chi connectivity index (χ2n) is 2.65. The van der Waals surface area contributed by atoms with Crippen LogP contribution in [0, 0.1) is 0 Å². The minimum Gasteiger partial charge on any atom is -0.285 e. The molecule has 1 rings (SSSR count). The fourth-order valence-corrected chi connectivity index (χ4v) is 1.92. The lowest BCUT2D eigenvalue weighted by atomic mass is 10.3. The van der Waals surface area contributed by atoms with Crippen molar-refractivity contribution in [1.29, 1.82) is 0 Å². The van der Waals surface area contributed by atoms with Crippen molar-refractivity contribution in [3.05, 3.63) is 12.7 Å². The van der Waals surface area contributed by atoms with Crippen LogP contribution in [0.5, 0.6) is 0 Å². The van der Waals surface area contributed by atoms with E-state index in [2.05, 4.69) is 6.58 Å². The van der Waals surface area contributed by atoms with Crippen molar-refractivity contribution in [3.8, 4) is 0 Å². The third-order valence-electron chi connectivity index (χ3n) is 1.87. The summed E-state index contributed by atoms with van der Waals surface area (Å²) >= 11 is 0. The Kier molecular flexibility index (Phi) is 3.11. The van der Waals surface area contributed by atoms with Crippen LogP contribution >= 0.6 is 12.4 Å². The Morgan fingerprint density at radius 2 is 2.00 bits per heavy atom. The Bertz CT molecular complexity index is 241. The molecule has 0 heterocycles. The third-order valence-corrected chi connectivity index (χ3v) is 3.54. The molecule has 0 aromatic carbocycles. The summed E-state index contributed by atoms with van der Waals surface area (Å²) in [4.78, 5) is 0. The predicted octanol–water partition coefficient (Wildman–Crippen LogP) is 1.40. The molecule has 0 spiro atoms.